The predicted molar refractivity (Wildman–Crippen MR) is 147 cm³/mol. The molecule has 1 aliphatic carbocycles. The van der Waals surface area contributed by atoms with Crippen LogP contribution in [0.4, 0.5) is 5.69 Å². The van der Waals surface area contributed by atoms with Gasteiger partial charge in [0.1, 0.15) is 5.75 Å². The van der Waals surface area contributed by atoms with Crippen LogP contribution in [-0.4, -0.2) is 29.9 Å². The van der Waals surface area contributed by atoms with Crippen molar-refractivity contribution in [3.63, 3.8) is 0 Å². The molecule has 1 N–H and O–H groups in total. The molecule has 3 aromatic carbocycles. The van der Waals surface area contributed by atoms with Crippen molar-refractivity contribution in [2.75, 3.05) is 12.4 Å². The fourth-order valence-corrected chi connectivity index (χ4v) is 5.92. The summed E-state index contributed by atoms with van der Waals surface area (Å²) in [7, 11) is 1.64. The van der Waals surface area contributed by atoms with Gasteiger partial charge in [0.25, 0.3) is 5.91 Å². The normalized spacial score (nSPS) is 20.0. The van der Waals surface area contributed by atoms with Gasteiger partial charge in [0.05, 0.1) is 19.1 Å². The maximum absolute atomic E-state index is 14.1. The topological polar surface area (TPSA) is 58.6 Å². The first kappa shape index (κ1) is 25.1. The van der Waals surface area contributed by atoms with Gasteiger partial charge < -0.3 is 15.0 Å². The van der Waals surface area contributed by atoms with E-state index in [4.69, 9.17) is 4.74 Å². The first-order valence-corrected chi connectivity index (χ1v) is 13.4. The van der Waals surface area contributed by atoms with Crippen LogP contribution in [0.15, 0.2) is 72.8 Å². The first-order valence-electron chi connectivity index (χ1n) is 13.4. The van der Waals surface area contributed by atoms with Gasteiger partial charge in [-0.25, -0.2) is 0 Å². The van der Waals surface area contributed by atoms with Crippen molar-refractivity contribution in [1.29, 1.82) is 0 Å². The van der Waals surface area contributed by atoms with E-state index < -0.39 is 12.0 Å². The summed E-state index contributed by atoms with van der Waals surface area (Å²) in [5.41, 5.74) is 4.36. The molecule has 0 unspecified atom stereocenters. The fourth-order valence-electron chi connectivity index (χ4n) is 5.92. The lowest BCUT2D eigenvalue weighted by molar-refractivity contribution is -0.119. The number of amides is 2. The SMILES string of the molecule is COc1ccc([C@@H]2[C@H](C(=O)Nc3ccc(C(C)C)cc3)c3ccccc3C(=O)N2C2CCCCC2)cc1. The Morgan fingerprint density at radius 3 is 2.24 bits per heavy atom. The minimum absolute atomic E-state index is 0.0219. The standard InChI is InChI=1S/C32H36N2O3/c1-21(2)22-13-17-24(18-14-22)33-31(35)29-27-11-7-8-12-28(27)32(36)34(25-9-5-4-6-10-25)30(29)23-15-19-26(37-3)20-16-23/h7-8,11-21,25,29-30H,4-6,9-10H2,1-3H3,(H,33,35)/t29-,30-/m1/s1. The van der Waals surface area contributed by atoms with Crippen LogP contribution in [0.1, 0.15) is 90.9 Å². The monoisotopic (exact) mass is 496 g/mol. The summed E-state index contributed by atoms with van der Waals surface area (Å²) in [5.74, 6) is 0.563. The van der Waals surface area contributed by atoms with Gasteiger partial charge in [-0.15, -0.1) is 0 Å². The van der Waals surface area contributed by atoms with Crippen molar-refractivity contribution in [2.45, 2.75) is 69.9 Å². The second-order valence-corrected chi connectivity index (χ2v) is 10.6. The Bertz CT molecular complexity index is 1240. The van der Waals surface area contributed by atoms with E-state index in [-0.39, 0.29) is 17.9 Å². The van der Waals surface area contributed by atoms with E-state index in [1.54, 1.807) is 7.11 Å². The van der Waals surface area contributed by atoms with E-state index >= 15 is 0 Å². The van der Waals surface area contributed by atoms with E-state index in [0.29, 0.717) is 11.5 Å². The summed E-state index contributed by atoms with van der Waals surface area (Å²) < 4.78 is 5.40. The van der Waals surface area contributed by atoms with Gasteiger partial charge in [-0.2, -0.15) is 0 Å². The second kappa shape index (κ2) is 10.8. The van der Waals surface area contributed by atoms with Crippen LogP contribution in [0, 0.1) is 0 Å². The number of carbonyl (C=O) groups is 2. The van der Waals surface area contributed by atoms with Crippen molar-refractivity contribution in [2.24, 2.45) is 0 Å². The highest BCUT2D eigenvalue weighted by Crippen LogP contribution is 2.46. The Morgan fingerprint density at radius 1 is 0.919 bits per heavy atom. The summed E-state index contributed by atoms with van der Waals surface area (Å²) in [4.78, 5) is 30.2. The number of nitrogens with one attached hydrogen (secondary N) is 1. The summed E-state index contributed by atoms with van der Waals surface area (Å²) >= 11 is 0. The number of hydrogen-bond acceptors (Lipinski definition) is 3. The summed E-state index contributed by atoms with van der Waals surface area (Å²) in [5, 5.41) is 3.18. The summed E-state index contributed by atoms with van der Waals surface area (Å²) in [6, 6.07) is 23.2. The average molecular weight is 497 g/mol. The third-order valence-electron chi connectivity index (χ3n) is 7.93. The largest absolute Gasteiger partial charge is 0.497 e. The number of hydrogen-bond donors (Lipinski definition) is 1. The van der Waals surface area contributed by atoms with E-state index in [1.165, 1.54) is 12.0 Å². The van der Waals surface area contributed by atoms with Crippen molar-refractivity contribution in [3.8, 4) is 5.75 Å². The number of nitrogens with zero attached hydrogens (tertiary/aromatic N) is 1. The highest BCUT2D eigenvalue weighted by molar-refractivity contribution is 6.04. The van der Waals surface area contributed by atoms with Gasteiger partial charge in [-0.05, 0) is 65.8 Å². The lowest BCUT2D eigenvalue weighted by atomic mass is 9.77. The Hall–Kier alpha value is -3.60. The molecule has 0 aromatic heterocycles. The Morgan fingerprint density at radius 2 is 1.59 bits per heavy atom. The molecule has 1 heterocycles. The number of carbonyl (C=O) groups excluding carboxylic acids is 2. The molecule has 192 valence electrons. The molecule has 3 aromatic rings. The minimum atomic E-state index is -0.533. The predicted octanol–water partition coefficient (Wildman–Crippen LogP) is 7.07. The maximum atomic E-state index is 14.1. The molecule has 0 spiro atoms. The maximum Gasteiger partial charge on any atom is 0.254 e. The van der Waals surface area contributed by atoms with Crippen LogP contribution >= 0.6 is 0 Å². The molecule has 0 saturated heterocycles. The minimum Gasteiger partial charge on any atom is -0.497 e. The van der Waals surface area contributed by atoms with Crippen LogP contribution < -0.4 is 10.1 Å². The van der Waals surface area contributed by atoms with Crippen LogP contribution in [0.25, 0.3) is 0 Å². The second-order valence-electron chi connectivity index (χ2n) is 10.6. The van der Waals surface area contributed by atoms with Crippen LogP contribution in [-0.2, 0) is 4.79 Å². The van der Waals surface area contributed by atoms with Crippen LogP contribution in [0.5, 0.6) is 5.75 Å². The molecule has 2 amide bonds. The fraction of sp³-hybridized carbons (Fsp3) is 0.375. The number of anilines is 1. The number of fused-ring (bicyclic) bond motifs is 1. The van der Waals surface area contributed by atoms with Gasteiger partial charge in [-0.3, -0.25) is 9.59 Å². The van der Waals surface area contributed by atoms with Crippen molar-refractivity contribution in [3.05, 3.63) is 95.1 Å². The zero-order valence-electron chi connectivity index (χ0n) is 21.9. The van der Waals surface area contributed by atoms with E-state index in [1.807, 2.05) is 65.6 Å². The molecule has 0 bridgehead atoms. The lowest BCUT2D eigenvalue weighted by Gasteiger charge is -2.46. The summed E-state index contributed by atoms with van der Waals surface area (Å²) in [6.07, 6.45) is 5.32. The Kier molecular flexibility index (Phi) is 7.31. The molecular weight excluding hydrogens is 460 g/mol. The van der Waals surface area contributed by atoms with Crippen molar-refractivity contribution < 1.29 is 14.3 Å². The molecular formula is C32H36N2O3. The van der Waals surface area contributed by atoms with Gasteiger partial charge in [0.15, 0.2) is 0 Å². The number of methoxy groups -OCH3 is 1. The number of rotatable bonds is 6. The number of ether oxygens (including phenoxy) is 1. The van der Waals surface area contributed by atoms with E-state index in [9.17, 15) is 9.59 Å². The van der Waals surface area contributed by atoms with Gasteiger partial charge in [-0.1, -0.05) is 75.6 Å². The molecule has 5 rings (SSSR count). The van der Waals surface area contributed by atoms with Crippen LogP contribution in [0.2, 0.25) is 0 Å². The molecule has 1 saturated carbocycles. The highest BCUT2D eigenvalue weighted by Gasteiger charge is 2.46. The molecule has 2 atom stereocenters. The highest BCUT2D eigenvalue weighted by atomic mass is 16.5. The van der Waals surface area contributed by atoms with E-state index in [0.717, 1.165) is 48.2 Å². The lowest BCUT2D eigenvalue weighted by Crippen LogP contribution is -2.51. The third kappa shape index (κ3) is 5.00. The molecule has 1 aliphatic heterocycles. The Balaban J connectivity index is 1.59. The molecule has 2 aliphatic rings. The zero-order valence-corrected chi connectivity index (χ0v) is 21.9. The average Bonchev–Trinajstić information content (AvgIpc) is 2.93. The third-order valence-corrected chi connectivity index (χ3v) is 7.93. The first-order chi connectivity index (χ1) is 18.0. The molecule has 1 fully saturated rings. The Labute approximate surface area is 219 Å². The number of benzene rings is 3. The molecule has 5 heteroatoms. The van der Waals surface area contributed by atoms with Crippen molar-refractivity contribution >= 4 is 17.5 Å². The quantitative estimate of drug-likeness (QED) is 0.397. The molecule has 0 radical (unpaired) electrons. The van der Waals surface area contributed by atoms with Gasteiger partial charge in [0, 0.05) is 17.3 Å². The van der Waals surface area contributed by atoms with Crippen LogP contribution in [0.3, 0.4) is 0 Å². The van der Waals surface area contributed by atoms with Gasteiger partial charge >= 0.3 is 0 Å². The molecule has 37 heavy (non-hydrogen) atoms. The summed E-state index contributed by atoms with van der Waals surface area (Å²) in [6.45, 7) is 4.31. The molecule has 5 nitrogen and oxygen atoms in total. The van der Waals surface area contributed by atoms with Crippen molar-refractivity contribution in [1.82, 2.24) is 4.90 Å². The van der Waals surface area contributed by atoms with Gasteiger partial charge in [0.2, 0.25) is 5.91 Å². The smallest absolute Gasteiger partial charge is 0.254 e. The zero-order chi connectivity index (χ0) is 25.9. The van der Waals surface area contributed by atoms with E-state index in [2.05, 4.69) is 31.3 Å².